The Hall–Kier alpha value is -1.41. The second-order valence-electron chi connectivity index (χ2n) is 6.02. The van der Waals surface area contributed by atoms with Crippen molar-refractivity contribution in [2.24, 2.45) is 0 Å². The normalized spacial score (nSPS) is 21.0. The van der Waals surface area contributed by atoms with Gasteiger partial charge in [0.2, 0.25) is 0 Å². The molecule has 0 N–H and O–H groups in total. The number of benzene rings is 1. The molecule has 4 heteroatoms. The van der Waals surface area contributed by atoms with Gasteiger partial charge in [-0.1, -0.05) is 30.3 Å². The topological polar surface area (TPSA) is 45.5 Å². The van der Waals surface area contributed by atoms with Crippen LogP contribution in [0, 0.1) is 11.3 Å². The van der Waals surface area contributed by atoms with E-state index in [2.05, 4.69) is 35.2 Å². The van der Waals surface area contributed by atoms with Crippen LogP contribution in [0.2, 0.25) is 0 Å². The minimum Gasteiger partial charge on any atom is -0.350 e. The molecular formula is C19H28N2O2. The van der Waals surface area contributed by atoms with E-state index in [1.807, 2.05) is 19.9 Å². The summed E-state index contributed by atoms with van der Waals surface area (Å²) in [5.41, 5.74) is 1.34. The van der Waals surface area contributed by atoms with Crippen LogP contribution in [0.15, 0.2) is 30.3 Å². The van der Waals surface area contributed by atoms with Crippen molar-refractivity contribution in [3.05, 3.63) is 35.9 Å². The molecule has 1 aromatic carbocycles. The van der Waals surface area contributed by atoms with Gasteiger partial charge in [-0.25, -0.2) is 0 Å². The van der Waals surface area contributed by atoms with Crippen molar-refractivity contribution in [1.29, 1.82) is 5.26 Å². The molecule has 1 aliphatic rings. The number of rotatable bonds is 8. The van der Waals surface area contributed by atoms with E-state index in [1.54, 1.807) is 0 Å². The molecule has 1 atom stereocenters. The van der Waals surface area contributed by atoms with Crippen LogP contribution in [0.5, 0.6) is 0 Å². The Bertz CT molecular complexity index is 492. The lowest BCUT2D eigenvalue weighted by Crippen LogP contribution is -2.53. The third kappa shape index (κ3) is 5.04. The second-order valence-corrected chi connectivity index (χ2v) is 6.02. The Kier molecular flexibility index (Phi) is 7.04. The molecule has 126 valence electrons. The summed E-state index contributed by atoms with van der Waals surface area (Å²) in [7, 11) is 0. The van der Waals surface area contributed by atoms with E-state index in [0.29, 0.717) is 19.6 Å². The fourth-order valence-electron chi connectivity index (χ4n) is 3.44. The molecule has 1 aliphatic heterocycles. The van der Waals surface area contributed by atoms with Gasteiger partial charge < -0.3 is 9.47 Å². The highest BCUT2D eigenvalue weighted by molar-refractivity contribution is 5.15. The lowest BCUT2D eigenvalue weighted by Gasteiger charge is -2.45. The van der Waals surface area contributed by atoms with Crippen molar-refractivity contribution in [2.45, 2.75) is 51.4 Å². The molecule has 0 spiro atoms. The van der Waals surface area contributed by atoms with E-state index < -0.39 is 5.79 Å². The van der Waals surface area contributed by atoms with Gasteiger partial charge >= 0.3 is 0 Å². The van der Waals surface area contributed by atoms with E-state index in [-0.39, 0.29) is 6.04 Å². The summed E-state index contributed by atoms with van der Waals surface area (Å²) in [5, 5.41) is 9.19. The Morgan fingerprint density at radius 3 is 2.52 bits per heavy atom. The van der Waals surface area contributed by atoms with E-state index >= 15 is 0 Å². The first kappa shape index (κ1) is 17.9. The fraction of sp³-hybridized carbons (Fsp3) is 0.632. The molecule has 0 aromatic heterocycles. The third-order valence-corrected chi connectivity index (χ3v) is 4.52. The number of nitrogens with zero attached hydrogens (tertiary/aromatic N) is 2. The van der Waals surface area contributed by atoms with Crippen LogP contribution in [-0.2, 0) is 15.9 Å². The van der Waals surface area contributed by atoms with Crippen molar-refractivity contribution < 1.29 is 9.47 Å². The summed E-state index contributed by atoms with van der Waals surface area (Å²) < 4.78 is 11.9. The number of nitriles is 1. The van der Waals surface area contributed by atoms with Crippen molar-refractivity contribution in [3.63, 3.8) is 0 Å². The maximum atomic E-state index is 9.19. The molecule has 1 saturated heterocycles. The summed E-state index contributed by atoms with van der Waals surface area (Å²) >= 11 is 0. The average molecular weight is 316 g/mol. The van der Waals surface area contributed by atoms with Crippen molar-refractivity contribution in [3.8, 4) is 6.07 Å². The smallest absolute Gasteiger partial charge is 0.170 e. The van der Waals surface area contributed by atoms with Gasteiger partial charge in [-0.15, -0.1) is 0 Å². The van der Waals surface area contributed by atoms with Gasteiger partial charge in [0.05, 0.1) is 12.5 Å². The minimum atomic E-state index is -0.506. The lowest BCUT2D eigenvalue weighted by atomic mass is 9.93. The molecule has 4 nitrogen and oxygen atoms in total. The SMILES string of the molecule is CCOC1(OCC)CCN(CCc2ccccc2)[C@H](CC#N)C1. The molecule has 0 saturated carbocycles. The third-order valence-electron chi connectivity index (χ3n) is 4.52. The minimum absolute atomic E-state index is 0.204. The predicted octanol–water partition coefficient (Wildman–Crippen LogP) is 3.38. The summed E-state index contributed by atoms with van der Waals surface area (Å²) in [6.45, 7) is 7.18. The first-order chi connectivity index (χ1) is 11.2. The maximum Gasteiger partial charge on any atom is 0.170 e. The molecule has 1 fully saturated rings. The largest absolute Gasteiger partial charge is 0.350 e. The Labute approximate surface area is 140 Å². The first-order valence-electron chi connectivity index (χ1n) is 8.66. The number of likely N-dealkylation sites (tertiary alicyclic amines) is 1. The maximum absolute atomic E-state index is 9.19. The van der Waals surface area contributed by atoms with Gasteiger partial charge in [0.15, 0.2) is 5.79 Å². The standard InChI is InChI=1S/C19H28N2O2/c1-3-22-19(23-4-2)12-15-21(18(16-19)10-13-20)14-11-17-8-6-5-7-9-17/h5-9,18H,3-4,10-12,14-16H2,1-2H3/t18-/m1/s1. The van der Waals surface area contributed by atoms with Crippen LogP contribution in [0.25, 0.3) is 0 Å². The molecule has 1 aromatic rings. The second kappa shape index (κ2) is 9.02. The van der Waals surface area contributed by atoms with Gasteiger partial charge in [-0.2, -0.15) is 5.26 Å². The highest BCUT2D eigenvalue weighted by Gasteiger charge is 2.41. The Balaban J connectivity index is 1.99. The first-order valence-corrected chi connectivity index (χ1v) is 8.66. The highest BCUT2D eigenvalue weighted by atomic mass is 16.7. The number of hydrogen-bond donors (Lipinski definition) is 0. The number of ether oxygens (including phenoxy) is 2. The van der Waals surface area contributed by atoms with Crippen LogP contribution < -0.4 is 0 Å². The van der Waals surface area contributed by atoms with Crippen LogP contribution in [0.3, 0.4) is 0 Å². The summed E-state index contributed by atoms with van der Waals surface area (Å²) in [4.78, 5) is 2.42. The van der Waals surface area contributed by atoms with E-state index in [0.717, 1.165) is 32.4 Å². The molecule has 0 aliphatic carbocycles. The van der Waals surface area contributed by atoms with Crippen molar-refractivity contribution in [1.82, 2.24) is 4.90 Å². The van der Waals surface area contributed by atoms with Crippen molar-refractivity contribution in [2.75, 3.05) is 26.3 Å². The summed E-state index contributed by atoms with van der Waals surface area (Å²) in [5.74, 6) is -0.506. The average Bonchev–Trinajstić information content (AvgIpc) is 2.56. The zero-order valence-electron chi connectivity index (χ0n) is 14.3. The molecule has 0 amide bonds. The molecular weight excluding hydrogens is 288 g/mol. The molecule has 2 rings (SSSR count). The Morgan fingerprint density at radius 2 is 1.91 bits per heavy atom. The summed E-state index contributed by atoms with van der Waals surface area (Å²) in [6.07, 6.45) is 3.18. The van der Waals surface area contributed by atoms with Crippen LogP contribution in [0.4, 0.5) is 0 Å². The monoisotopic (exact) mass is 316 g/mol. The van der Waals surface area contributed by atoms with E-state index in [4.69, 9.17) is 9.47 Å². The lowest BCUT2D eigenvalue weighted by molar-refractivity contribution is -0.260. The predicted molar refractivity (Wildman–Crippen MR) is 91.0 cm³/mol. The number of hydrogen-bond acceptors (Lipinski definition) is 4. The van der Waals surface area contributed by atoms with E-state index in [1.165, 1.54) is 5.56 Å². The zero-order valence-corrected chi connectivity index (χ0v) is 14.3. The molecule has 0 unspecified atom stereocenters. The molecule has 23 heavy (non-hydrogen) atoms. The van der Waals surface area contributed by atoms with Crippen LogP contribution >= 0.6 is 0 Å². The fourth-order valence-corrected chi connectivity index (χ4v) is 3.44. The van der Waals surface area contributed by atoms with Gasteiger partial charge in [-0.05, 0) is 25.8 Å². The van der Waals surface area contributed by atoms with Gasteiger partial charge in [0.1, 0.15) is 0 Å². The zero-order chi connectivity index (χ0) is 16.5. The van der Waals surface area contributed by atoms with Gasteiger partial charge in [0, 0.05) is 45.2 Å². The van der Waals surface area contributed by atoms with Gasteiger partial charge in [-0.3, -0.25) is 4.90 Å². The van der Waals surface area contributed by atoms with Crippen LogP contribution in [-0.4, -0.2) is 43.0 Å². The quantitative estimate of drug-likeness (QED) is 0.690. The van der Waals surface area contributed by atoms with Crippen LogP contribution in [0.1, 0.15) is 38.7 Å². The summed E-state index contributed by atoms with van der Waals surface area (Å²) in [6, 6.07) is 13.1. The number of piperidine rings is 1. The van der Waals surface area contributed by atoms with Crippen molar-refractivity contribution >= 4 is 0 Å². The highest BCUT2D eigenvalue weighted by Crippen LogP contribution is 2.33. The Morgan fingerprint density at radius 1 is 1.22 bits per heavy atom. The van der Waals surface area contributed by atoms with E-state index in [9.17, 15) is 5.26 Å². The molecule has 1 heterocycles. The van der Waals surface area contributed by atoms with Gasteiger partial charge in [0.25, 0.3) is 0 Å². The molecule has 0 bridgehead atoms. The molecule has 0 radical (unpaired) electrons.